The molecule has 3 rings (SSSR count). The normalized spacial score (nSPS) is 27.6. The van der Waals surface area contributed by atoms with Gasteiger partial charge in [0.15, 0.2) is 5.96 Å². The molecule has 0 spiro atoms. The van der Waals surface area contributed by atoms with Gasteiger partial charge in [0.25, 0.3) is 0 Å². The van der Waals surface area contributed by atoms with E-state index in [1.807, 2.05) is 12.1 Å². The molecule has 2 aliphatic rings. The van der Waals surface area contributed by atoms with Gasteiger partial charge >= 0.3 is 0 Å². The van der Waals surface area contributed by atoms with Crippen molar-refractivity contribution in [2.45, 2.75) is 38.1 Å². The van der Waals surface area contributed by atoms with Crippen LogP contribution in [0.1, 0.15) is 31.4 Å². The molecule has 0 aliphatic heterocycles. The van der Waals surface area contributed by atoms with Gasteiger partial charge in [0.05, 0.1) is 12.8 Å². The number of rotatable bonds is 5. The standard InChI is InChI=1S/C17H23N3O/c1-2-8-18-17(19-9-7-15-4-3-10-21-15)20-16-12-13-5-6-14(16)11-13/h1,3-4,10,13-14,16H,5-9,11-12H2,(H2,18,19,20). The van der Waals surface area contributed by atoms with E-state index in [1.54, 1.807) is 6.26 Å². The lowest BCUT2D eigenvalue weighted by atomic mass is 9.95. The zero-order valence-corrected chi connectivity index (χ0v) is 12.3. The summed E-state index contributed by atoms with van der Waals surface area (Å²) in [5, 5.41) is 6.78. The van der Waals surface area contributed by atoms with E-state index >= 15 is 0 Å². The van der Waals surface area contributed by atoms with Crippen molar-refractivity contribution in [3.8, 4) is 12.3 Å². The monoisotopic (exact) mass is 285 g/mol. The van der Waals surface area contributed by atoms with Crippen molar-refractivity contribution in [3.63, 3.8) is 0 Å². The van der Waals surface area contributed by atoms with Crippen LogP contribution in [0.2, 0.25) is 0 Å². The van der Waals surface area contributed by atoms with Crippen molar-refractivity contribution in [2.24, 2.45) is 16.8 Å². The van der Waals surface area contributed by atoms with Gasteiger partial charge in [-0.15, -0.1) is 6.42 Å². The molecule has 1 aromatic heterocycles. The minimum absolute atomic E-state index is 0.507. The number of aliphatic imine (C=N–C) groups is 1. The number of fused-ring (bicyclic) bond motifs is 2. The first kappa shape index (κ1) is 14.1. The van der Waals surface area contributed by atoms with Crippen LogP contribution in [0.15, 0.2) is 27.8 Å². The molecule has 21 heavy (non-hydrogen) atoms. The molecular formula is C17H23N3O. The highest BCUT2D eigenvalue weighted by Gasteiger charge is 2.39. The summed E-state index contributed by atoms with van der Waals surface area (Å²) < 4.78 is 5.33. The van der Waals surface area contributed by atoms with Crippen molar-refractivity contribution in [2.75, 3.05) is 13.1 Å². The van der Waals surface area contributed by atoms with Crippen molar-refractivity contribution in [3.05, 3.63) is 24.2 Å². The van der Waals surface area contributed by atoms with Gasteiger partial charge < -0.3 is 15.1 Å². The first-order valence-electron chi connectivity index (χ1n) is 7.86. The number of nitrogens with zero attached hydrogens (tertiary/aromatic N) is 1. The van der Waals surface area contributed by atoms with Crippen LogP contribution in [0.25, 0.3) is 0 Å². The lowest BCUT2D eigenvalue weighted by Gasteiger charge is -2.24. The lowest BCUT2D eigenvalue weighted by molar-refractivity contribution is 0.387. The second kappa shape index (κ2) is 6.71. The fourth-order valence-corrected chi connectivity index (χ4v) is 3.62. The van der Waals surface area contributed by atoms with E-state index in [0.29, 0.717) is 19.1 Å². The molecule has 2 bridgehead atoms. The van der Waals surface area contributed by atoms with E-state index < -0.39 is 0 Å². The summed E-state index contributed by atoms with van der Waals surface area (Å²) in [7, 11) is 0. The Balaban J connectivity index is 1.53. The van der Waals surface area contributed by atoms with Crippen LogP contribution in [0.5, 0.6) is 0 Å². The highest BCUT2D eigenvalue weighted by molar-refractivity contribution is 5.80. The van der Waals surface area contributed by atoms with E-state index in [0.717, 1.165) is 30.0 Å². The SMILES string of the molecule is C#CCNC(=NCCc1ccco1)NC1CC2CCC1C2. The first-order chi connectivity index (χ1) is 10.3. The van der Waals surface area contributed by atoms with Gasteiger partial charge in [-0.2, -0.15) is 0 Å². The molecule has 0 radical (unpaired) electrons. The van der Waals surface area contributed by atoms with Gasteiger partial charge in [0.2, 0.25) is 0 Å². The Morgan fingerprint density at radius 2 is 2.38 bits per heavy atom. The van der Waals surface area contributed by atoms with Crippen LogP contribution in [-0.4, -0.2) is 25.1 Å². The maximum atomic E-state index is 5.34. The third kappa shape index (κ3) is 3.60. The largest absolute Gasteiger partial charge is 0.469 e. The van der Waals surface area contributed by atoms with Crippen LogP contribution in [0.4, 0.5) is 0 Å². The Hall–Kier alpha value is -1.89. The summed E-state index contributed by atoms with van der Waals surface area (Å²) in [5.41, 5.74) is 0. The van der Waals surface area contributed by atoms with Crippen molar-refractivity contribution in [1.82, 2.24) is 10.6 Å². The average molecular weight is 285 g/mol. The Morgan fingerprint density at radius 3 is 3.05 bits per heavy atom. The van der Waals surface area contributed by atoms with E-state index in [9.17, 15) is 0 Å². The van der Waals surface area contributed by atoms with Crippen LogP contribution < -0.4 is 10.6 Å². The molecule has 2 fully saturated rings. The quantitative estimate of drug-likeness (QED) is 0.495. The zero-order chi connectivity index (χ0) is 14.5. The molecule has 0 aromatic carbocycles. The van der Waals surface area contributed by atoms with E-state index in [4.69, 9.17) is 10.8 Å². The lowest BCUT2D eigenvalue weighted by Crippen LogP contribution is -2.45. The predicted molar refractivity (Wildman–Crippen MR) is 83.9 cm³/mol. The highest BCUT2D eigenvalue weighted by atomic mass is 16.3. The molecule has 4 nitrogen and oxygen atoms in total. The number of terminal acetylenes is 1. The van der Waals surface area contributed by atoms with Crippen LogP contribution in [0.3, 0.4) is 0 Å². The Labute approximate surface area is 126 Å². The van der Waals surface area contributed by atoms with E-state index in [-0.39, 0.29) is 0 Å². The Bertz CT molecular complexity index is 515. The maximum absolute atomic E-state index is 5.34. The summed E-state index contributed by atoms with van der Waals surface area (Å²) in [4.78, 5) is 4.62. The number of hydrogen-bond acceptors (Lipinski definition) is 2. The molecular weight excluding hydrogens is 262 g/mol. The van der Waals surface area contributed by atoms with Crippen LogP contribution in [0, 0.1) is 24.2 Å². The molecule has 112 valence electrons. The van der Waals surface area contributed by atoms with E-state index in [2.05, 4.69) is 21.5 Å². The third-order valence-corrected chi connectivity index (χ3v) is 4.63. The molecule has 0 saturated heterocycles. The van der Waals surface area contributed by atoms with Gasteiger partial charge in [-0.3, -0.25) is 4.99 Å². The third-order valence-electron chi connectivity index (χ3n) is 4.63. The summed E-state index contributed by atoms with van der Waals surface area (Å²) in [6.45, 7) is 1.21. The van der Waals surface area contributed by atoms with Crippen molar-refractivity contribution in [1.29, 1.82) is 0 Å². The Morgan fingerprint density at radius 1 is 1.43 bits per heavy atom. The highest BCUT2D eigenvalue weighted by Crippen LogP contribution is 2.44. The molecule has 3 atom stereocenters. The fourth-order valence-electron chi connectivity index (χ4n) is 3.62. The summed E-state index contributed by atoms with van der Waals surface area (Å²) >= 11 is 0. The van der Waals surface area contributed by atoms with Crippen molar-refractivity contribution < 1.29 is 4.42 Å². The fraction of sp³-hybridized carbons (Fsp3) is 0.588. The smallest absolute Gasteiger partial charge is 0.192 e. The number of hydrogen-bond donors (Lipinski definition) is 2. The van der Waals surface area contributed by atoms with Gasteiger partial charge in [-0.1, -0.05) is 12.3 Å². The van der Waals surface area contributed by atoms with Crippen molar-refractivity contribution >= 4 is 5.96 Å². The second-order valence-electron chi connectivity index (χ2n) is 6.04. The molecule has 2 saturated carbocycles. The zero-order valence-electron chi connectivity index (χ0n) is 12.3. The van der Waals surface area contributed by atoms with Crippen LogP contribution >= 0.6 is 0 Å². The molecule has 3 unspecified atom stereocenters. The minimum atomic E-state index is 0.507. The summed E-state index contributed by atoms with van der Waals surface area (Å²) in [5.74, 6) is 6.16. The predicted octanol–water partition coefficient (Wildman–Crippen LogP) is 2.18. The van der Waals surface area contributed by atoms with Gasteiger partial charge in [0, 0.05) is 19.0 Å². The molecule has 0 amide bonds. The van der Waals surface area contributed by atoms with Gasteiger partial charge in [-0.05, 0) is 43.2 Å². The number of guanidine groups is 1. The minimum Gasteiger partial charge on any atom is -0.469 e. The number of nitrogens with one attached hydrogen (secondary N) is 2. The molecule has 1 heterocycles. The average Bonchev–Trinajstić information content (AvgIpc) is 3.21. The number of furan rings is 1. The first-order valence-corrected chi connectivity index (χ1v) is 7.86. The van der Waals surface area contributed by atoms with E-state index in [1.165, 1.54) is 25.7 Å². The molecule has 2 aliphatic carbocycles. The summed E-state index contributed by atoms with van der Waals surface area (Å²) in [6, 6.07) is 4.45. The summed E-state index contributed by atoms with van der Waals surface area (Å²) in [6.07, 6.45) is 13.3. The van der Waals surface area contributed by atoms with Gasteiger partial charge in [-0.25, -0.2) is 0 Å². The molecule has 1 aromatic rings. The van der Waals surface area contributed by atoms with Crippen LogP contribution in [-0.2, 0) is 6.42 Å². The topological polar surface area (TPSA) is 49.6 Å². The van der Waals surface area contributed by atoms with Gasteiger partial charge in [0.1, 0.15) is 5.76 Å². The molecule has 4 heteroatoms. The molecule has 2 N–H and O–H groups in total. The Kier molecular flexibility index (Phi) is 4.49. The maximum Gasteiger partial charge on any atom is 0.192 e. The second-order valence-corrected chi connectivity index (χ2v) is 6.04.